The molecule has 1 rings (SSSR count). The Hall–Kier alpha value is -2.10. The molecule has 0 aliphatic heterocycles. The number of hydrogen-bond donors (Lipinski definition) is 1. The summed E-state index contributed by atoms with van der Waals surface area (Å²) in [6.45, 7) is 2.07. The lowest BCUT2D eigenvalue weighted by atomic mass is 10.1. The minimum Gasteiger partial charge on any atom is -0.504 e. The van der Waals surface area contributed by atoms with E-state index in [0.717, 1.165) is 24.8 Å². The van der Waals surface area contributed by atoms with Crippen molar-refractivity contribution >= 4 is 17.6 Å². The monoisotopic (exact) mass is 290 g/mol. The van der Waals surface area contributed by atoms with Gasteiger partial charge in [-0.1, -0.05) is 31.9 Å². The molecule has 114 valence electrons. The van der Waals surface area contributed by atoms with Crippen molar-refractivity contribution < 1.29 is 19.4 Å². The van der Waals surface area contributed by atoms with E-state index in [1.807, 2.05) is 0 Å². The predicted molar refractivity (Wildman–Crippen MR) is 82.5 cm³/mol. The summed E-state index contributed by atoms with van der Waals surface area (Å²) in [6, 6.07) is 4.80. The molecule has 0 bridgehead atoms. The second-order valence-electron chi connectivity index (χ2n) is 4.90. The number of allylic oxidation sites excluding steroid dienone is 1. The largest absolute Gasteiger partial charge is 0.504 e. The average molecular weight is 290 g/mol. The molecule has 0 saturated carbocycles. The highest BCUT2D eigenvalue weighted by Crippen LogP contribution is 2.26. The van der Waals surface area contributed by atoms with Crippen LogP contribution in [0.25, 0.3) is 6.08 Å². The van der Waals surface area contributed by atoms with Gasteiger partial charge in [0.2, 0.25) is 0 Å². The molecule has 0 aromatic heterocycles. The van der Waals surface area contributed by atoms with E-state index in [9.17, 15) is 14.7 Å². The smallest absolute Gasteiger partial charge is 0.163 e. The van der Waals surface area contributed by atoms with Crippen molar-refractivity contribution in [1.82, 2.24) is 0 Å². The molecule has 21 heavy (non-hydrogen) atoms. The highest BCUT2D eigenvalue weighted by atomic mass is 16.5. The summed E-state index contributed by atoms with van der Waals surface area (Å²) in [4.78, 5) is 23.3. The van der Waals surface area contributed by atoms with Crippen LogP contribution in [-0.4, -0.2) is 23.8 Å². The zero-order valence-electron chi connectivity index (χ0n) is 12.6. The van der Waals surface area contributed by atoms with E-state index in [4.69, 9.17) is 4.74 Å². The van der Waals surface area contributed by atoms with Crippen molar-refractivity contribution in [3.63, 3.8) is 0 Å². The molecule has 1 aromatic rings. The van der Waals surface area contributed by atoms with Gasteiger partial charge in [-0.05, 0) is 30.2 Å². The molecule has 1 N–H and O–H groups in total. The van der Waals surface area contributed by atoms with Gasteiger partial charge in [0, 0.05) is 6.42 Å². The van der Waals surface area contributed by atoms with Gasteiger partial charge >= 0.3 is 0 Å². The summed E-state index contributed by atoms with van der Waals surface area (Å²) in [5.74, 6) is 0.178. The summed E-state index contributed by atoms with van der Waals surface area (Å²) in [6.07, 6.45) is 6.36. The van der Waals surface area contributed by atoms with E-state index in [1.54, 1.807) is 18.2 Å². The van der Waals surface area contributed by atoms with Gasteiger partial charge in [-0.3, -0.25) is 9.59 Å². The van der Waals surface area contributed by atoms with Gasteiger partial charge in [-0.25, -0.2) is 0 Å². The second-order valence-corrected chi connectivity index (χ2v) is 4.90. The van der Waals surface area contributed by atoms with Crippen LogP contribution < -0.4 is 4.74 Å². The van der Waals surface area contributed by atoms with Crippen LogP contribution in [-0.2, 0) is 9.59 Å². The predicted octanol–water partition coefficient (Wildman–Crippen LogP) is 3.52. The number of hydrogen-bond acceptors (Lipinski definition) is 4. The standard InChI is InChI=1S/C17H22O4/c1-3-4-5-6-14(18)12-15(19)9-7-13-8-10-16(20)17(11-13)21-2/h7-11,20H,3-6,12H2,1-2H3. The number of unbranched alkanes of at least 4 members (excludes halogenated alkanes) is 2. The van der Waals surface area contributed by atoms with Crippen molar-refractivity contribution in [3.8, 4) is 11.5 Å². The third-order valence-electron chi connectivity index (χ3n) is 3.10. The highest BCUT2D eigenvalue weighted by Gasteiger charge is 2.07. The molecule has 4 heteroatoms. The van der Waals surface area contributed by atoms with E-state index in [2.05, 4.69) is 6.92 Å². The van der Waals surface area contributed by atoms with Crippen molar-refractivity contribution in [3.05, 3.63) is 29.8 Å². The van der Waals surface area contributed by atoms with Crippen LogP contribution >= 0.6 is 0 Å². The topological polar surface area (TPSA) is 63.6 Å². The van der Waals surface area contributed by atoms with E-state index in [1.165, 1.54) is 19.3 Å². The van der Waals surface area contributed by atoms with E-state index in [-0.39, 0.29) is 23.7 Å². The Kier molecular flexibility index (Phi) is 7.23. The van der Waals surface area contributed by atoms with Crippen LogP contribution in [0.15, 0.2) is 24.3 Å². The molecule has 0 aliphatic carbocycles. The van der Waals surface area contributed by atoms with Crippen molar-refractivity contribution in [2.45, 2.75) is 39.0 Å². The zero-order chi connectivity index (χ0) is 15.7. The first kappa shape index (κ1) is 17.0. The first-order chi connectivity index (χ1) is 10.1. The number of carbonyl (C=O) groups is 2. The third-order valence-corrected chi connectivity index (χ3v) is 3.10. The Morgan fingerprint density at radius 2 is 2.05 bits per heavy atom. The van der Waals surface area contributed by atoms with Gasteiger partial charge in [-0.2, -0.15) is 0 Å². The Balaban J connectivity index is 2.52. The van der Waals surface area contributed by atoms with Crippen molar-refractivity contribution in [1.29, 1.82) is 0 Å². The number of methoxy groups -OCH3 is 1. The van der Waals surface area contributed by atoms with Crippen LogP contribution in [0.1, 0.15) is 44.6 Å². The lowest BCUT2D eigenvalue weighted by molar-refractivity contribution is -0.124. The van der Waals surface area contributed by atoms with Gasteiger partial charge in [0.15, 0.2) is 17.3 Å². The van der Waals surface area contributed by atoms with E-state index >= 15 is 0 Å². The van der Waals surface area contributed by atoms with Crippen molar-refractivity contribution in [2.24, 2.45) is 0 Å². The number of ether oxygens (including phenoxy) is 1. The lowest BCUT2D eigenvalue weighted by Gasteiger charge is -2.03. The Morgan fingerprint density at radius 3 is 2.71 bits per heavy atom. The van der Waals surface area contributed by atoms with Crippen LogP contribution in [0.5, 0.6) is 11.5 Å². The number of rotatable bonds is 9. The number of ketones is 2. The molecule has 0 spiro atoms. The van der Waals surface area contributed by atoms with Gasteiger partial charge in [-0.15, -0.1) is 0 Å². The molecule has 0 fully saturated rings. The summed E-state index contributed by atoms with van der Waals surface area (Å²) >= 11 is 0. The fourth-order valence-electron chi connectivity index (χ4n) is 1.90. The van der Waals surface area contributed by atoms with Crippen LogP contribution in [0, 0.1) is 0 Å². The molecule has 0 heterocycles. The molecular formula is C17H22O4. The van der Waals surface area contributed by atoms with Crippen LogP contribution in [0.2, 0.25) is 0 Å². The van der Waals surface area contributed by atoms with Crippen LogP contribution in [0.4, 0.5) is 0 Å². The maximum Gasteiger partial charge on any atom is 0.163 e. The fraction of sp³-hybridized carbons (Fsp3) is 0.412. The fourth-order valence-corrected chi connectivity index (χ4v) is 1.90. The Morgan fingerprint density at radius 1 is 1.29 bits per heavy atom. The lowest BCUT2D eigenvalue weighted by Crippen LogP contribution is -2.04. The van der Waals surface area contributed by atoms with E-state index < -0.39 is 0 Å². The molecule has 0 saturated heterocycles. The van der Waals surface area contributed by atoms with Gasteiger partial charge in [0.05, 0.1) is 13.5 Å². The molecule has 0 aliphatic rings. The van der Waals surface area contributed by atoms with Gasteiger partial charge in [0.25, 0.3) is 0 Å². The molecule has 1 aromatic carbocycles. The molecular weight excluding hydrogens is 268 g/mol. The number of aromatic hydroxyl groups is 1. The SMILES string of the molecule is CCCCCC(=O)CC(=O)C=Cc1ccc(O)c(OC)c1. The summed E-state index contributed by atoms with van der Waals surface area (Å²) in [5, 5.41) is 9.47. The van der Waals surface area contributed by atoms with Gasteiger partial charge < -0.3 is 9.84 Å². The molecule has 0 radical (unpaired) electrons. The molecule has 4 nitrogen and oxygen atoms in total. The molecule has 0 amide bonds. The van der Waals surface area contributed by atoms with Crippen molar-refractivity contribution in [2.75, 3.05) is 7.11 Å². The quantitative estimate of drug-likeness (QED) is 0.429. The first-order valence-corrected chi connectivity index (χ1v) is 7.16. The second kappa shape index (κ2) is 8.95. The molecule has 0 unspecified atom stereocenters. The first-order valence-electron chi connectivity index (χ1n) is 7.16. The summed E-state index contributed by atoms with van der Waals surface area (Å²) in [5.41, 5.74) is 0.733. The third kappa shape index (κ3) is 6.25. The zero-order valence-corrected chi connectivity index (χ0v) is 12.6. The Bertz CT molecular complexity index is 518. The minimum absolute atomic E-state index is 0.0126. The summed E-state index contributed by atoms with van der Waals surface area (Å²) < 4.78 is 4.99. The maximum atomic E-state index is 11.7. The molecule has 0 atom stereocenters. The maximum absolute atomic E-state index is 11.7. The number of carbonyl (C=O) groups excluding carboxylic acids is 2. The summed E-state index contributed by atoms with van der Waals surface area (Å²) in [7, 11) is 1.46. The van der Waals surface area contributed by atoms with Crippen LogP contribution in [0.3, 0.4) is 0 Å². The number of phenolic OH excluding ortho intramolecular Hbond substituents is 1. The normalized spacial score (nSPS) is 10.8. The van der Waals surface area contributed by atoms with E-state index in [0.29, 0.717) is 12.2 Å². The number of benzene rings is 1. The Labute approximate surface area is 125 Å². The number of phenols is 1. The van der Waals surface area contributed by atoms with Gasteiger partial charge in [0.1, 0.15) is 5.78 Å². The number of Topliss-reactive ketones (excluding diaryl/α,β-unsaturated/α-hetero) is 1. The highest BCUT2D eigenvalue weighted by molar-refractivity contribution is 6.06. The minimum atomic E-state index is -0.205. The average Bonchev–Trinajstić information content (AvgIpc) is 2.46.